The first-order valence-electron chi connectivity index (χ1n) is 7.21. The molecule has 0 spiro atoms. The molecule has 1 aromatic rings. The van der Waals surface area contributed by atoms with E-state index in [2.05, 4.69) is 24.1 Å². The lowest BCUT2D eigenvalue weighted by molar-refractivity contribution is 0.0923. The molecule has 1 atom stereocenters. The predicted molar refractivity (Wildman–Crippen MR) is 81.8 cm³/mol. The highest BCUT2D eigenvalue weighted by Crippen LogP contribution is 2.26. The van der Waals surface area contributed by atoms with Crippen molar-refractivity contribution in [1.82, 2.24) is 5.32 Å². The number of thiophene rings is 1. The number of rotatable bonds is 3. The van der Waals surface area contributed by atoms with Crippen LogP contribution in [-0.4, -0.2) is 23.7 Å². The highest BCUT2D eigenvalue weighted by atomic mass is 32.1. The van der Waals surface area contributed by atoms with Gasteiger partial charge in [-0.3, -0.25) is 4.79 Å². The molecule has 0 saturated heterocycles. The Labute approximate surface area is 124 Å². The van der Waals surface area contributed by atoms with E-state index < -0.39 is 0 Å². The van der Waals surface area contributed by atoms with Crippen LogP contribution in [0.5, 0.6) is 0 Å². The van der Waals surface area contributed by atoms with Gasteiger partial charge in [0.15, 0.2) is 0 Å². The fourth-order valence-electron chi connectivity index (χ4n) is 2.68. The molecule has 1 aliphatic carbocycles. The minimum atomic E-state index is -0.155. The van der Waals surface area contributed by atoms with Gasteiger partial charge in [0.2, 0.25) is 0 Å². The van der Waals surface area contributed by atoms with Gasteiger partial charge in [-0.25, -0.2) is 0 Å². The van der Waals surface area contributed by atoms with Crippen molar-refractivity contribution >= 4 is 17.2 Å². The Bertz CT molecular complexity index is 506. The summed E-state index contributed by atoms with van der Waals surface area (Å²) in [6.45, 7) is 1.95. The summed E-state index contributed by atoms with van der Waals surface area (Å²) in [4.78, 5) is 13.7. The molecular weight excluding hydrogens is 270 g/mol. The summed E-state index contributed by atoms with van der Waals surface area (Å²) in [6.07, 6.45) is 6.34. The molecular formula is C16H21NO2S. The van der Waals surface area contributed by atoms with Crippen LogP contribution in [0, 0.1) is 17.8 Å². The van der Waals surface area contributed by atoms with Crippen molar-refractivity contribution in [1.29, 1.82) is 0 Å². The van der Waals surface area contributed by atoms with Crippen LogP contribution in [0.25, 0.3) is 0 Å². The minimum Gasteiger partial charge on any atom is -0.384 e. The molecule has 0 radical (unpaired) electrons. The van der Waals surface area contributed by atoms with E-state index in [1.807, 2.05) is 6.07 Å². The van der Waals surface area contributed by atoms with Crippen LogP contribution in [0.4, 0.5) is 0 Å². The van der Waals surface area contributed by atoms with Gasteiger partial charge in [-0.2, -0.15) is 0 Å². The van der Waals surface area contributed by atoms with Gasteiger partial charge in [-0.15, -0.1) is 11.3 Å². The summed E-state index contributed by atoms with van der Waals surface area (Å²) in [7, 11) is 0. The molecule has 1 fully saturated rings. The van der Waals surface area contributed by atoms with Gasteiger partial charge in [0.05, 0.1) is 9.75 Å². The third-order valence-electron chi connectivity index (χ3n) is 3.84. The van der Waals surface area contributed by atoms with Crippen molar-refractivity contribution < 1.29 is 9.90 Å². The first-order valence-corrected chi connectivity index (χ1v) is 8.03. The van der Waals surface area contributed by atoms with Crippen molar-refractivity contribution in [3.8, 4) is 11.8 Å². The van der Waals surface area contributed by atoms with Crippen molar-refractivity contribution in [2.75, 3.05) is 6.61 Å². The summed E-state index contributed by atoms with van der Waals surface area (Å²) in [5.74, 6) is 6.02. The van der Waals surface area contributed by atoms with E-state index in [1.165, 1.54) is 43.4 Å². The van der Waals surface area contributed by atoms with E-state index in [0.29, 0.717) is 10.8 Å². The van der Waals surface area contributed by atoms with Gasteiger partial charge >= 0.3 is 0 Å². The first-order chi connectivity index (χ1) is 9.70. The second-order valence-electron chi connectivity index (χ2n) is 5.28. The van der Waals surface area contributed by atoms with Crippen LogP contribution in [0.2, 0.25) is 0 Å². The van der Waals surface area contributed by atoms with Gasteiger partial charge in [-0.1, -0.05) is 31.1 Å². The predicted octanol–water partition coefficient (Wildman–Crippen LogP) is 2.79. The molecule has 2 rings (SSSR count). The molecule has 1 amide bonds. The average molecular weight is 291 g/mol. The highest BCUT2D eigenvalue weighted by molar-refractivity contribution is 7.14. The van der Waals surface area contributed by atoms with Crippen molar-refractivity contribution in [2.45, 2.75) is 45.1 Å². The topological polar surface area (TPSA) is 49.3 Å². The van der Waals surface area contributed by atoms with Crippen LogP contribution < -0.4 is 5.32 Å². The summed E-state index contributed by atoms with van der Waals surface area (Å²) in [5, 5.41) is 11.8. The number of amides is 1. The molecule has 2 N–H and O–H groups in total. The number of aliphatic hydroxyl groups is 1. The summed E-state index contributed by atoms with van der Waals surface area (Å²) in [5.41, 5.74) is 0. The van der Waals surface area contributed by atoms with Gasteiger partial charge < -0.3 is 10.4 Å². The maximum atomic E-state index is 12.2. The average Bonchev–Trinajstić information content (AvgIpc) is 2.95. The van der Waals surface area contributed by atoms with Crippen LogP contribution in [0.1, 0.15) is 53.6 Å². The minimum absolute atomic E-state index is 0.00915. The molecule has 3 nitrogen and oxygen atoms in total. The maximum Gasteiger partial charge on any atom is 0.261 e. The third-order valence-corrected chi connectivity index (χ3v) is 4.84. The smallest absolute Gasteiger partial charge is 0.261 e. The summed E-state index contributed by atoms with van der Waals surface area (Å²) < 4.78 is 0. The molecule has 108 valence electrons. The Morgan fingerprint density at radius 1 is 1.45 bits per heavy atom. The zero-order valence-corrected chi connectivity index (χ0v) is 12.6. The Morgan fingerprint density at radius 2 is 2.20 bits per heavy atom. The zero-order valence-electron chi connectivity index (χ0n) is 11.8. The molecule has 4 heteroatoms. The quantitative estimate of drug-likeness (QED) is 0.841. The van der Waals surface area contributed by atoms with Crippen LogP contribution in [0.15, 0.2) is 12.1 Å². The zero-order chi connectivity index (χ0) is 14.4. The summed E-state index contributed by atoms with van der Waals surface area (Å²) >= 11 is 1.37. The number of carbonyl (C=O) groups excluding carboxylic acids is 1. The first kappa shape index (κ1) is 15.1. The van der Waals surface area contributed by atoms with Crippen LogP contribution in [0.3, 0.4) is 0 Å². The fraction of sp³-hybridized carbons (Fsp3) is 0.562. The van der Waals surface area contributed by atoms with Crippen LogP contribution >= 0.6 is 11.3 Å². The third kappa shape index (κ3) is 4.09. The molecule has 1 saturated carbocycles. The van der Waals surface area contributed by atoms with Crippen molar-refractivity contribution in [2.24, 2.45) is 5.92 Å². The second-order valence-corrected chi connectivity index (χ2v) is 6.37. The maximum absolute atomic E-state index is 12.2. The Balaban J connectivity index is 1.92. The molecule has 0 bridgehead atoms. The molecule has 1 aromatic heterocycles. The number of carbonyl (C=O) groups is 1. The number of hydrogen-bond acceptors (Lipinski definition) is 3. The van der Waals surface area contributed by atoms with E-state index in [9.17, 15) is 4.79 Å². The number of hydrogen-bond donors (Lipinski definition) is 2. The van der Waals surface area contributed by atoms with E-state index in [4.69, 9.17) is 5.11 Å². The number of nitrogens with one attached hydrogen (secondary N) is 1. The van der Waals surface area contributed by atoms with Crippen molar-refractivity contribution in [3.63, 3.8) is 0 Å². The summed E-state index contributed by atoms with van der Waals surface area (Å²) in [6, 6.07) is 3.86. The normalized spacial score (nSPS) is 17.1. The molecule has 1 heterocycles. The lowest BCUT2D eigenvalue weighted by Crippen LogP contribution is -2.38. The Kier molecular flexibility index (Phi) is 5.63. The molecule has 1 unspecified atom stereocenters. The van der Waals surface area contributed by atoms with E-state index >= 15 is 0 Å². The van der Waals surface area contributed by atoms with E-state index in [0.717, 1.165) is 4.88 Å². The van der Waals surface area contributed by atoms with Gasteiger partial charge in [0.1, 0.15) is 6.61 Å². The molecule has 20 heavy (non-hydrogen) atoms. The molecule has 1 aliphatic rings. The monoisotopic (exact) mass is 291 g/mol. The highest BCUT2D eigenvalue weighted by Gasteiger charge is 2.22. The standard InChI is InChI=1S/C16H21NO2S/c1-12(13-6-3-2-4-7-13)17-16(19)15-10-9-14(20-15)8-5-11-18/h9-10,12-13,18H,2-4,6-7,11H2,1H3,(H,17,19). The largest absolute Gasteiger partial charge is 0.384 e. The SMILES string of the molecule is CC(NC(=O)c1ccc(C#CCO)s1)C1CCCCC1. The molecule has 0 aromatic carbocycles. The lowest BCUT2D eigenvalue weighted by atomic mass is 9.84. The van der Waals surface area contributed by atoms with Gasteiger partial charge in [0, 0.05) is 6.04 Å². The van der Waals surface area contributed by atoms with Crippen LogP contribution in [-0.2, 0) is 0 Å². The Morgan fingerprint density at radius 3 is 2.90 bits per heavy atom. The van der Waals surface area contributed by atoms with Crippen molar-refractivity contribution in [3.05, 3.63) is 21.9 Å². The van der Waals surface area contributed by atoms with Gasteiger partial charge in [0.25, 0.3) is 5.91 Å². The second kappa shape index (κ2) is 7.47. The fourth-order valence-corrected chi connectivity index (χ4v) is 3.47. The lowest BCUT2D eigenvalue weighted by Gasteiger charge is -2.28. The number of aliphatic hydroxyl groups excluding tert-OH is 1. The Hall–Kier alpha value is -1.31. The van der Waals surface area contributed by atoms with E-state index in [1.54, 1.807) is 6.07 Å². The molecule has 0 aliphatic heterocycles. The van der Waals surface area contributed by atoms with Gasteiger partial charge in [-0.05, 0) is 37.8 Å². The van der Waals surface area contributed by atoms with E-state index in [-0.39, 0.29) is 18.6 Å².